The van der Waals surface area contributed by atoms with Gasteiger partial charge in [-0.1, -0.05) is 17.7 Å². The van der Waals surface area contributed by atoms with E-state index in [1.807, 2.05) is 0 Å². The largest absolute Gasteiger partial charge is 0.381 e. The van der Waals surface area contributed by atoms with Crippen LogP contribution in [0.5, 0.6) is 0 Å². The number of ether oxygens (including phenoxy) is 1. The minimum atomic E-state index is -0.365. The van der Waals surface area contributed by atoms with Crippen LogP contribution in [0.25, 0.3) is 0 Å². The first-order chi connectivity index (χ1) is 8.25. The Kier molecular flexibility index (Phi) is 4.77. The fraction of sp³-hybridized carbons (Fsp3) is 0.538. The van der Waals surface area contributed by atoms with Gasteiger partial charge < -0.3 is 10.1 Å². The number of hydrogen-bond donors (Lipinski definition) is 1. The Morgan fingerprint density at radius 1 is 1.47 bits per heavy atom. The van der Waals surface area contributed by atoms with Crippen LogP contribution in [0.2, 0.25) is 5.02 Å². The Bertz CT molecular complexity index is 366. The molecule has 0 bridgehead atoms. The zero-order chi connectivity index (χ0) is 12.1. The highest BCUT2D eigenvalue weighted by atomic mass is 35.5. The number of nitrogens with one attached hydrogen (secondary N) is 1. The van der Waals surface area contributed by atoms with E-state index < -0.39 is 0 Å². The van der Waals surface area contributed by atoms with E-state index in [0.717, 1.165) is 38.3 Å². The maximum Gasteiger partial charge on any atom is 0.141 e. The summed E-state index contributed by atoms with van der Waals surface area (Å²) < 4.78 is 18.4. The molecule has 2 rings (SSSR count). The number of benzene rings is 1. The summed E-state index contributed by atoms with van der Waals surface area (Å²) >= 11 is 5.72. The van der Waals surface area contributed by atoms with Gasteiger partial charge in [0.2, 0.25) is 0 Å². The average Bonchev–Trinajstić information content (AvgIpc) is 2.35. The normalized spacial score (nSPS) is 20.5. The number of halogens is 2. The van der Waals surface area contributed by atoms with E-state index in [2.05, 4.69) is 5.32 Å². The zero-order valence-corrected chi connectivity index (χ0v) is 10.5. The van der Waals surface area contributed by atoms with Crippen molar-refractivity contribution in [2.75, 3.05) is 19.8 Å². The Labute approximate surface area is 106 Å². The third-order valence-corrected chi connectivity index (χ3v) is 3.29. The molecule has 0 spiro atoms. The van der Waals surface area contributed by atoms with E-state index in [9.17, 15) is 4.39 Å². The van der Waals surface area contributed by atoms with Crippen LogP contribution in [-0.4, -0.2) is 19.8 Å². The molecular formula is C13H17ClFNO. The Morgan fingerprint density at radius 2 is 2.35 bits per heavy atom. The van der Waals surface area contributed by atoms with Crippen molar-refractivity contribution < 1.29 is 9.13 Å². The van der Waals surface area contributed by atoms with E-state index in [-0.39, 0.29) is 10.8 Å². The van der Waals surface area contributed by atoms with Gasteiger partial charge in [-0.15, -0.1) is 0 Å². The molecule has 1 heterocycles. The molecule has 1 unspecified atom stereocenters. The lowest BCUT2D eigenvalue weighted by Crippen LogP contribution is -2.28. The average molecular weight is 258 g/mol. The molecule has 1 aromatic rings. The van der Waals surface area contributed by atoms with Crippen molar-refractivity contribution >= 4 is 11.6 Å². The third kappa shape index (κ3) is 3.95. The van der Waals surface area contributed by atoms with Gasteiger partial charge in [0.15, 0.2) is 0 Å². The standard InChI is InChI=1S/C13H17ClFNO/c14-12-6-10(3-4-13(12)15)7-16-8-11-2-1-5-17-9-11/h3-4,6,11,16H,1-2,5,7-9H2. The first kappa shape index (κ1) is 12.8. The van der Waals surface area contributed by atoms with E-state index >= 15 is 0 Å². The van der Waals surface area contributed by atoms with Crippen molar-refractivity contribution in [3.8, 4) is 0 Å². The summed E-state index contributed by atoms with van der Waals surface area (Å²) in [6, 6.07) is 4.83. The molecule has 94 valence electrons. The molecule has 1 aromatic carbocycles. The maximum atomic E-state index is 12.9. The first-order valence-corrected chi connectivity index (χ1v) is 6.36. The van der Waals surface area contributed by atoms with Gasteiger partial charge in [-0.05, 0) is 36.5 Å². The lowest BCUT2D eigenvalue weighted by molar-refractivity contribution is 0.0547. The van der Waals surface area contributed by atoms with Crippen LogP contribution in [0.1, 0.15) is 18.4 Å². The Morgan fingerprint density at radius 3 is 3.06 bits per heavy atom. The summed E-state index contributed by atoms with van der Waals surface area (Å²) in [4.78, 5) is 0. The van der Waals surface area contributed by atoms with Gasteiger partial charge in [-0.3, -0.25) is 0 Å². The highest BCUT2D eigenvalue weighted by molar-refractivity contribution is 6.30. The van der Waals surface area contributed by atoms with Gasteiger partial charge in [0.1, 0.15) is 5.82 Å². The summed E-state index contributed by atoms with van der Waals surface area (Å²) in [5.41, 5.74) is 1.01. The summed E-state index contributed by atoms with van der Waals surface area (Å²) in [6.07, 6.45) is 2.37. The van der Waals surface area contributed by atoms with Gasteiger partial charge in [0, 0.05) is 19.7 Å². The highest BCUT2D eigenvalue weighted by Gasteiger charge is 2.13. The van der Waals surface area contributed by atoms with Crippen LogP contribution in [0.3, 0.4) is 0 Å². The highest BCUT2D eigenvalue weighted by Crippen LogP contribution is 2.16. The van der Waals surface area contributed by atoms with Crippen LogP contribution in [-0.2, 0) is 11.3 Å². The van der Waals surface area contributed by atoms with E-state index in [0.29, 0.717) is 5.92 Å². The number of hydrogen-bond acceptors (Lipinski definition) is 2. The van der Waals surface area contributed by atoms with Gasteiger partial charge in [0.05, 0.1) is 11.6 Å². The molecule has 4 heteroatoms. The molecule has 1 aliphatic rings. The minimum Gasteiger partial charge on any atom is -0.381 e. The smallest absolute Gasteiger partial charge is 0.141 e. The summed E-state index contributed by atoms with van der Waals surface area (Å²) in [5.74, 6) is 0.232. The SMILES string of the molecule is Fc1ccc(CNCC2CCCOC2)cc1Cl. The molecule has 0 amide bonds. The molecular weight excluding hydrogens is 241 g/mol. The predicted octanol–water partition coefficient (Wildman–Crippen LogP) is 3.00. The van der Waals surface area contributed by atoms with Crippen LogP contribution in [0.4, 0.5) is 4.39 Å². The lowest BCUT2D eigenvalue weighted by Gasteiger charge is -2.22. The van der Waals surface area contributed by atoms with Crippen molar-refractivity contribution in [2.45, 2.75) is 19.4 Å². The molecule has 1 saturated heterocycles. The van der Waals surface area contributed by atoms with Crippen LogP contribution in [0.15, 0.2) is 18.2 Å². The minimum absolute atomic E-state index is 0.185. The van der Waals surface area contributed by atoms with Crippen molar-refractivity contribution in [1.82, 2.24) is 5.32 Å². The third-order valence-electron chi connectivity index (χ3n) is 3.00. The van der Waals surface area contributed by atoms with Gasteiger partial charge in [-0.25, -0.2) is 4.39 Å². The second-order valence-electron chi connectivity index (χ2n) is 4.46. The zero-order valence-electron chi connectivity index (χ0n) is 9.72. The predicted molar refractivity (Wildman–Crippen MR) is 66.7 cm³/mol. The van der Waals surface area contributed by atoms with Gasteiger partial charge in [-0.2, -0.15) is 0 Å². The Balaban J connectivity index is 1.75. The molecule has 1 aliphatic heterocycles. The summed E-state index contributed by atoms with van der Waals surface area (Å²) in [6.45, 7) is 3.40. The molecule has 2 nitrogen and oxygen atoms in total. The molecule has 0 aromatic heterocycles. The van der Waals surface area contributed by atoms with Crippen molar-refractivity contribution in [3.05, 3.63) is 34.6 Å². The summed E-state index contributed by atoms with van der Waals surface area (Å²) in [7, 11) is 0. The van der Waals surface area contributed by atoms with Gasteiger partial charge in [0.25, 0.3) is 0 Å². The van der Waals surface area contributed by atoms with E-state index in [1.54, 1.807) is 12.1 Å². The molecule has 1 N–H and O–H groups in total. The molecule has 0 saturated carbocycles. The van der Waals surface area contributed by atoms with Crippen LogP contribution < -0.4 is 5.32 Å². The maximum absolute atomic E-state index is 12.9. The fourth-order valence-electron chi connectivity index (χ4n) is 2.04. The molecule has 1 atom stereocenters. The molecule has 0 aliphatic carbocycles. The lowest BCUT2D eigenvalue weighted by atomic mass is 10.0. The number of rotatable bonds is 4. The Hall–Kier alpha value is -0.640. The van der Waals surface area contributed by atoms with Crippen molar-refractivity contribution in [1.29, 1.82) is 0 Å². The summed E-state index contributed by atoms with van der Waals surface area (Å²) in [5, 5.41) is 3.54. The second-order valence-corrected chi connectivity index (χ2v) is 4.87. The second kappa shape index (κ2) is 6.34. The van der Waals surface area contributed by atoms with Crippen molar-refractivity contribution in [3.63, 3.8) is 0 Å². The van der Waals surface area contributed by atoms with E-state index in [1.165, 1.54) is 12.5 Å². The first-order valence-electron chi connectivity index (χ1n) is 5.98. The van der Waals surface area contributed by atoms with Crippen LogP contribution >= 0.6 is 11.6 Å². The molecule has 0 radical (unpaired) electrons. The van der Waals surface area contributed by atoms with Crippen LogP contribution in [0, 0.1) is 11.7 Å². The molecule has 1 fully saturated rings. The topological polar surface area (TPSA) is 21.3 Å². The van der Waals surface area contributed by atoms with Gasteiger partial charge >= 0.3 is 0 Å². The van der Waals surface area contributed by atoms with Crippen molar-refractivity contribution in [2.24, 2.45) is 5.92 Å². The monoisotopic (exact) mass is 257 g/mol. The quantitative estimate of drug-likeness (QED) is 0.895. The van der Waals surface area contributed by atoms with E-state index in [4.69, 9.17) is 16.3 Å². The molecule has 17 heavy (non-hydrogen) atoms. The fourth-order valence-corrected chi connectivity index (χ4v) is 2.24.